The summed E-state index contributed by atoms with van der Waals surface area (Å²) < 4.78 is 0. The Hall–Kier alpha value is -2.42. The van der Waals surface area contributed by atoms with Crippen molar-refractivity contribution in [1.29, 1.82) is 0 Å². The maximum Gasteiger partial charge on any atom is 0.227 e. The minimum atomic E-state index is 0.144. The average Bonchev–Trinajstić information content (AvgIpc) is 2.57. The molecule has 2 aromatic carbocycles. The summed E-state index contributed by atoms with van der Waals surface area (Å²) in [4.78, 5) is 26.0. The molecule has 0 saturated carbocycles. The molecular formula is C19H19NO2. The number of ketones is 1. The fourth-order valence-corrected chi connectivity index (χ4v) is 2.88. The lowest BCUT2D eigenvalue weighted by Crippen LogP contribution is -2.34. The van der Waals surface area contributed by atoms with E-state index in [1.165, 1.54) is 0 Å². The highest BCUT2D eigenvalue weighted by molar-refractivity contribution is 5.99. The predicted octanol–water partition coefficient (Wildman–Crippen LogP) is 3.76. The van der Waals surface area contributed by atoms with Gasteiger partial charge in [0.1, 0.15) is 0 Å². The molecule has 1 aliphatic heterocycles. The van der Waals surface area contributed by atoms with Gasteiger partial charge >= 0.3 is 0 Å². The first-order valence-electron chi connectivity index (χ1n) is 7.69. The molecule has 1 amide bonds. The predicted molar refractivity (Wildman–Crippen MR) is 87.0 cm³/mol. The topological polar surface area (TPSA) is 37.4 Å². The molecule has 0 N–H and O–H groups in total. The van der Waals surface area contributed by atoms with Gasteiger partial charge < -0.3 is 4.90 Å². The van der Waals surface area contributed by atoms with E-state index >= 15 is 0 Å². The number of fused-ring (bicyclic) bond motifs is 1. The third-order valence-corrected chi connectivity index (χ3v) is 4.11. The number of Topliss-reactive ketones (excluding diaryl/α,β-unsaturated/α-hetero) is 1. The summed E-state index contributed by atoms with van der Waals surface area (Å²) in [5.41, 5.74) is 3.88. The number of carbonyl (C=O) groups is 2. The molecule has 0 atom stereocenters. The Kier molecular flexibility index (Phi) is 4.05. The normalized spacial score (nSPS) is 13.9. The van der Waals surface area contributed by atoms with E-state index in [0.29, 0.717) is 25.8 Å². The zero-order valence-corrected chi connectivity index (χ0v) is 12.7. The minimum absolute atomic E-state index is 0.144. The SMILES string of the molecule is CCC(=O)c1ccc2c(c1)CCC(=O)N2Cc1ccccc1. The number of benzene rings is 2. The molecule has 2 aromatic rings. The maximum absolute atomic E-state index is 12.3. The average molecular weight is 293 g/mol. The first-order chi connectivity index (χ1) is 10.7. The molecule has 0 spiro atoms. The van der Waals surface area contributed by atoms with Crippen molar-refractivity contribution in [3.8, 4) is 0 Å². The molecule has 3 rings (SSSR count). The van der Waals surface area contributed by atoms with Crippen LogP contribution in [-0.4, -0.2) is 11.7 Å². The van der Waals surface area contributed by atoms with Gasteiger partial charge in [0.2, 0.25) is 5.91 Å². The summed E-state index contributed by atoms with van der Waals surface area (Å²) >= 11 is 0. The van der Waals surface area contributed by atoms with Crippen LogP contribution in [0.2, 0.25) is 0 Å². The Balaban J connectivity index is 1.93. The molecule has 0 bridgehead atoms. The molecule has 3 nitrogen and oxygen atoms in total. The molecule has 0 unspecified atom stereocenters. The van der Waals surface area contributed by atoms with Crippen molar-refractivity contribution in [2.75, 3.05) is 4.90 Å². The summed E-state index contributed by atoms with van der Waals surface area (Å²) in [6.45, 7) is 2.45. The molecule has 0 saturated heterocycles. The van der Waals surface area contributed by atoms with Crippen molar-refractivity contribution in [3.05, 3.63) is 65.2 Å². The highest BCUT2D eigenvalue weighted by Gasteiger charge is 2.24. The Bertz CT molecular complexity index is 707. The lowest BCUT2D eigenvalue weighted by Gasteiger charge is -2.30. The van der Waals surface area contributed by atoms with E-state index in [1.807, 2.05) is 60.4 Å². The molecule has 0 aromatic heterocycles. The molecule has 1 heterocycles. The molecule has 0 radical (unpaired) electrons. The van der Waals surface area contributed by atoms with E-state index in [0.717, 1.165) is 22.4 Å². The van der Waals surface area contributed by atoms with Crippen molar-refractivity contribution in [3.63, 3.8) is 0 Å². The van der Waals surface area contributed by atoms with Gasteiger partial charge in [-0.15, -0.1) is 0 Å². The summed E-state index contributed by atoms with van der Waals surface area (Å²) in [6.07, 6.45) is 1.72. The van der Waals surface area contributed by atoms with E-state index in [-0.39, 0.29) is 11.7 Å². The Morgan fingerprint density at radius 1 is 1.09 bits per heavy atom. The van der Waals surface area contributed by atoms with Crippen molar-refractivity contribution >= 4 is 17.4 Å². The van der Waals surface area contributed by atoms with Crippen molar-refractivity contribution < 1.29 is 9.59 Å². The van der Waals surface area contributed by atoms with Crippen LogP contribution in [0.5, 0.6) is 0 Å². The van der Waals surface area contributed by atoms with E-state index < -0.39 is 0 Å². The van der Waals surface area contributed by atoms with Gasteiger partial charge in [-0.05, 0) is 35.7 Å². The summed E-state index contributed by atoms with van der Waals surface area (Å²) in [5, 5.41) is 0. The van der Waals surface area contributed by atoms with Gasteiger partial charge in [0.25, 0.3) is 0 Å². The second-order valence-electron chi connectivity index (χ2n) is 5.59. The standard InChI is InChI=1S/C19H19NO2/c1-2-18(21)16-8-10-17-15(12-16)9-11-19(22)20(17)13-14-6-4-3-5-7-14/h3-8,10,12H,2,9,11,13H2,1H3. The van der Waals surface area contributed by atoms with Crippen LogP contribution in [0.3, 0.4) is 0 Å². The van der Waals surface area contributed by atoms with Gasteiger partial charge in [0.05, 0.1) is 6.54 Å². The molecule has 1 aliphatic rings. The van der Waals surface area contributed by atoms with Crippen LogP contribution < -0.4 is 4.90 Å². The molecular weight excluding hydrogens is 274 g/mol. The van der Waals surface area contributed by atoms with E-state index in [1.54, 1.807) is 0 Å². The van der Waals surface area contributed by atoms with Gasteiger partial charge in [-0.1, -0.05) is 37.3 Å². The van der Waals surface area contributed by atoms with Crippen LogP contribution >= 0.6 is 0 Å². The lowest BCUT2D eigenvalue weighted by molar-refractivity contribution is -0.119. The fourth-order valence-electron chi connectivity index (χ4n) is 2.88. The van der Waals surface area contributed by atoms with E-state index in [9.17, 15) is 9.59 Å². The van der Waals surface area contributed by atoms with Crippen LogP contribution in [-0.2, 0) is 17.8 Å². The van der Waals surface area contributed by atoms with Gasteiger partial charge in [0.15, 0.2) is 5.78 Å². The second kappa shape index (κ2) is 6.14. The molecule has 0 aliphatic carbocycles. The largest absolute Gasteiger partial charge is 0.308 e. The number of hydrogen-bond donors (Lipinski definition) is 0. The monoisotopic (exact) mass is 293 g/mol. The third kappa shape index (κ3) is 2.80. The van der Waals surface area contributed by atoms with Gasteiger partial charge in [-0.3, -0.25) is 9.59 Å². The van der Waals surface area contributed by atoms with E-state index in [2.05, 4.69) is 0 Å². The lowest BCUT2D eigenvalue weighted by atomic mass is 9.96. The highest BCUT2D eigenvalue weighted by Crippen LogP contribution is 2.30. The molecule has 0 fully saturated rings. The van der Waals surface area contributed by atoms with Crippen molar-refractivity contribution in [2.24, 2.45) is 0 Å². The number of anilines is 1. The smallest absolute Gasteiger partial charge is 0.227 e. The van der Waals surface area contributed by atoms with Crippen LogP contribution in [0.15, 0.2) is 48.5 Å². The summed E-state index contributed by atoms with van der Waals surface area (Å²) in [6, 6.07) is 15.7. The summed E-state index contributed by atoms with van der Waals surface area (Å²) in [5.74, 6) is 0.292. The molecule has 22 heavy (non-hydrogen) atoms. The number of aryl methyl sites for hydroxylation is 1. The second-order valence-corrected chi connectivity index (χ2v) is 5.59. The zero-order chi connectivity index (χ0) is 15.5. The maximum atomic E-state index is 12.3. The van der Waals surface area contributed by atoms with Crippen molar-refractivity contribution in [1.82, 2.24) is 0 Å². The van der Waals surface area contributed by atoms with Crippen LogP contribution in [0, 0.1) is 0 Å². The molecule has 112 valence electrons. The minimum Gasteiger partial charge on any atom is -0.308 e. The first-order valence-corrected chi connectivity index (χ1v) is 7.69. The van der Waals surface area contributed by atoms with Crippen LogP contribution in [0.4, 0.5) is 5.69 Å². The van der Waals surface area contributed by atoms with Crippen LogP contribution in [0.25, 0.3) is 0 Å². The quantitative estimate of drug-likeness (QED) is 0.805. The van der Waals surface area contributed by atoms with Gasteiger partial charge in [-0.25, -0.2) is 0 Å². The van der Waals surface area contributed by atoms with Gasteiger partial charge in [-0.2, -0.15) is 0 Å². The zero-order valence-electron chi connectivity index (χ0n) is 12.7. The van der Waals surface area contributed by atoms with Crippen LogP contribution in [0.1, 0.15) is 41.3 Å². The fraction of sp³-hybridized carbons (Fsp3) is 0.263. The Morgan fingerprint density at radius 3 is 2.59 bits per heavy atom. The third-order valence-electron chi connectivity index (χ3n) is 4.11. The number of carbonyl (C=O) groups excluding carboxylic acids is 2. The number of hydrogen-bond acceptors (Lipinski definition) is 2. The van der Waals surface area contributed by atoms with Crippen molar-refractivity contribution in [2.45, 2.75) is 32.7 Å². The van der Waals surface area contributed by atoms with Gasteiger partial charge in [0, 0.05) is 24.1 Å². The number of nitrogens with zero attached hydrogens (tertiary/aromatic N) is 1. The van der Waals surface area contributed by atoms with E-state index in [4.69, 9.17) is 0 Å². The summed E-state index contributed by atoms with van der Waals surface area (Å²) in [7, 11) is 0. The number of rotatable bonds is 4. The number of amides is 1. The molecule has 3 heteroatoms. The first kappa shape index (κ1) is 14.5. The highest BCUT2D eigenvalue weighted by atomic mass is 16.2. The Labute approximate surface area is 130 Å². The Morgan fingerprint density at radius 2 is 1.86 bits per heavy atom.